The van der Waals surface area contributed by atoms with Gasteiger partial charge in [0.05, 0.1) is 6.54 Å². The highest BCUT2D eigenvalue weighted by Crippen LogP contribution is 2.13. The van der Waals surface area contributed by atoms with Crippen LogP contribution in [-0.4, -0.2) is 67.7 Å². The average Bonchev–Trinajstić information content (AvgIpc) is 2.97. The molecule has 10 heteroatoms. The van der Waals surface area contributed by atoms with E-state index in [1.54, 1.807) is 19.0 Å². The van der Waals surface area contributed by atoms with E-state index in [4.69, 9.17) is 11.6 Å². The van der Waals surface area contributed by atoms with Gasteiger partial charge in [-0.15, -0.1) is 0 Å². The Morgan fingerprint density at radius 1 is 1.33 bits per heavy atom. The fraction of sp³-hybridized carbons (Fsp3) is 0.455. The normalized spacial score (nSPS) is 10.5. The molecular formula is C11H15ClN8O. The smallest absolute Gasteiger partial charge is 0.258 e. The van der Waals surface area contributed by atoms with Crippen LogP contribution in [0.25, 0.3) is 5.95 Å². The zero-order chi connectivity index (χ0) is 15.4. The Labute approximate surface area is 126 Å². The fourth-order valence-corrected chi connectivity index (χ4v) is 1.66. The maximum atomic E-state index is 11.8. The topological polar surface area (TPSA) is 92.9 Å². The molecule has 0 spiro atoms. The van der Waals surface area contributed by atoms with Crippen molar-refractivity contribution in [2.24, 2.45) is 0 Å². The molecule has 112 valence electrons. The SMILES string of the molecule is CCN(CC(=O)N(C)C)c1nc(Cl)nc(-n2cncn2)n1. The van der Waals surface area contributed by atoms with Crippen molar-refractivity contribution in [3.63, 3.8) is 0 Å². The summed E-state index contributed by atoms with van der Waals surface area (Å²) < 4.78 is 1.37. The van der Waals surface area contributed by atoms with E-state index in [1.807, 2.05) is 6.92 Å². The van der Waals surface area contributed by atoms with Crippen molar-refractivity contribution in [3.8, 4) is 5.95 Å². The van der Waals surface area contributed by atoms with Crippen LogP contribution in [0.1, 0.15) is 6.92 Å². The van der Waals surface area contributed by atoms with Crippen LogP contribution in [0.5, 0.6) is 0 Å². The molecule has 1 amide bonds. The Hall–Kier alpha value is -2.29. The van der Waals surface area contributed by atoms with Crippen molar-refractivity contribution in [2.75, 3.05) is 32.1 Å². The monoisotopic (exact) mass is 310 g/mol. The second kappa shape index (κ2) is 6.44. The molecule has 2 aromatic heterocycles. The van der Waals surface area contributed by atoms with Crippen molar-refractivity contribution in [1.29, 1.82) is 0 Å². The number of amides is 1. The first-order valence-electron chi connectivity index (χ1n) is 6.23. The summed E-state index contributed by atoms with van der Waals surface area (Å²) in [7, 11) is 3.38. The molecule has 0 bridgehead atoms. The third-order valence-electron chi connectivity index (χ3n) is 2.70. The fourth-order valence-electron chi connectivity index (χ4n) is 1.51. The van der Waals surface area contributed by atoms with Crippen LogP contribution in [0, 0.1) is 0 Å². The highest BCUT2D eigenvalue weighted by Gasteiger charge is 2.16. The summed E-state index contributed by atoms with van der Waals surface area (Å²) in [4.78, 5) is 31.2. The Morgan fingerprint density at radius 2 is 2.10 bits per heavy atom. The van der Waals surface area contributed by atoms with Gasteiger partial charge in [0, 0.05) is 20.6 Å². The van der Waals surface area contributed by atoms with Crippen LogP contribution in [-0.2, 0) is 4.79 Å². The summed E-state index contributed by atoms with van der Waals surface area (Å²) in [5, 5.41) is 3.97. The number of anilines is 1. The largest absolute Gasteiger partial charge is 0.347 e. The molecule has 0 radical (unpaired) electrons. The number of aromatic nitrogens is 6. The third-order valence-corrected chi connectivity index (χ3v) is 2.87. The lowest BCUT2D eigenvalue weighted by molar-refractivity contribution is -0.127. The van der Waals surface area contributed by atoms with Crippen LogP contribution in [0.3, 0.4) is 0 Å². The highest BCUT2D eigenvalue weighted by atomic mass is 35.5. The molecule has 0 atom stereocenters. The average molecular weight is 311 g/mol. The second-order valence-electron chi connectivity index (χ2n) is 4.35. The zero-order valence-corrected chi connectivity index (χ0v) is 12.7. The molecule has 2 aromatic rings. The molecule has 0 saturated heterocycles. The van der Waals surface area contributed by atoms with Crippen LogP contribution in [0.2, 0.25) is 5.28 Å². The van der Waals surface area contributed by atoms with Gasteiger partial charge in [0.25, 0.3) is 5.95 Å². The minimum absolute atomic E-state index is 0.0289. The van der Waals surface area contributed by atoms with E-state index < -0.39 is 0 Å². The van der Waals surface area contributed by atoms with E-state index in [9.17, 15) is 4.79 Å². The van der Waals surface area contributed by atoms with Crippen LogP contribution >= 0.6 is 11.6 Å². The number of carbonyl (C=O) groups excluding carboxylic acids is 1. The van der Waals surface area contributed by atoms with Crippen molar-refractivity contribution < 1.29 is 4.79 Å². The number of rotatable bonds is 5. The summed E-state index contributed by atoms with van der Waals surface area (Å²) in [5.74, 6) is 0.507. The van der Waals surface area contributed by atoms with Crippen molar-refractivity contribution in [1.82, 2.24) is 34.6 Å². The van der Waals surface area contributed by atoms with E-state index >= 15 is 0 Å². The number of nitrogens with zero attached hydrogens (tertiary/aromatic N) is 8. The van der Waals surface area contributed by atoms with Crippen LogP contribution in [0.4, 0.5) is 5.95 Å². The predicted octanol–water partition coefficient (Wildman–Crippen LogP) is 0.0202. The lowest BCUT2D eigenvalue weighted by atomic mass is 10.4. The molecule has 0 saturated carbocycles. The zero-order valence-electron chi connectivity index (χ0n) is 11.9. The summed E-state index contributed by atoms with van der Waals surface area (Å²) in [5.41, 5.74) is 0. The molecule has 0 aliphatic rings. The third kappa shape index (κ3) is 3.63. The number of likely N-dealkylation sites (N-methyl/N-ethyl adjacent to an activating group) is 2. The quantitative estimate of drug-likeness (QED) is 0.768. The van der Waals surface area contributed by atoms with Crippen LogP contribution < -0.4 is 4.90 Å². The van der Waals surface area contributed by atoms with Gasteiger partial charge in [0.1, 0.15) is 12.7 Å². The van der Waals surface area contributed by atoms with Crippen molar-refractivity contribution in [3.05, 3.63) is 17.9 Å². The lowest BCUT2D eigenvalue weighted by Gasteiger charge is -2.22. The molecule has 0 aliphatic carbocycles. The maximum absolute atomic E-state index is 11.8. The minimum atomic E-state index is -0.0595. The number of hydrogen-bond acceptors (Lipinski definition) is 7. The van der Waals surface area contributed by atoms with E-state index in [2.05, 4.69) is 25.0 Å². The molecule has 0 unspecified atom stereocenters. The molecular weight excluding hydrogens is 296 g/mol. The molecule has 2 rings (SSSR count). The second-order valence-corrected chi connectivity index (χ2v) is 4.68. The number of hydrogen-bond donors (Lipinski definition) is 0. The lowest BCUT2D eigenvalue weighted by Crippen LogP contribution is -2.37. The first-order chi connectivity index (χ1) is 10.0. The van der Waals surface area contributed by atoms with Gasteiger partial charge in [-0.2, -0.15) is 24.7 Å². The van der Waals surface area contributed by atoms with E-state index in [-0.39, 0.29) is 23.7 Å². The molecule has 0 N–H and O–H groups in total. The van der Waals surface area contributed by atoms with Gasteiger partial charge in [-0.25, -0.2) is 4.98 Å². The summed E-state index contributed by atoms with van der Waals surface area (Å²) in [6, 6.07) is 0. The molecule has 0 fully saturated rings. The molecule has 0 aromatic carbocycles. The summed E-state index contributed by atoms with van der Waals surface area (Å²) in [6.07, 6.45) is 2.82. The van der Waals surface area contributed by atoms with Crippen molar-refractivity contribution in [2.45, 2.75) is 6.92 Å². The molecule has 21 heavy (non-hydrogen) atoms. The molecule has 2 heterocycles. The Kier molecular flexibility index (Phi) is 4.63. The Balaban J connectivity index is 2.31. The molecule has 9 nitrogen and oxygen atoms in total. The van der Waals surface area contributed by atoms with Gasteiger partial charge in [0.15, 0.2) is 0 Å². The Bertz CT molecular complexity index is 615. The number of carbonyl (C=O) groups is 1. The van der Waals surface area contributed by atoms with Gasteiger partial charge < -0.3 is 9.80 Å². The van der Waals surface area contributed by atoms with Gasteiger partial charge >= 0.3 is 0 Å². The number of halogens is 1. The first-order valence-corrected chi connectivity index (χ1v) is 6.60. The van der Waals surface area contributed by atoms with Gasteiger partial charge in [0.2, 0.25) is 17.1 Å². The first kappa shape index (κ1) is 15.1. The van der Waals surface area contributed by atoms with Gasteiger partial charge in [-0.1, -0.05) is 0 Å². The minimum Gasteiger partial charge on any atom is -0.347 e. The predicted molar refractivity (Wildman–Crippen MR) is 76.3 cm³/mol. The summed E-state index contributed by atoms with van der Waals surface area (Å²) in [6.45, 7) is 2.60. The van der Waals surface area contributed by atoms with Crippen molar-refractivity contribution >= 4 is 23.5 Å². The van der Waals surface area contributed by atoms with E-state index in [0.29, 0.717) is 12.5 Å². The maximum Gasteiger partial charge on any atom is 0.258 e. The Morgan fingerprint density at radius 3 is 2.67 bits per heavy atom. The molecule has 0 aliphatic heterocycles. The standard InChI is InChI=1S/C11H15ClN8O/c1-4-19(5-8(21)18(2)3)10-15-9(12)16-11(17-10)20-7-13-6-14-20/h6-7H,4-5H2,1-3H3. The summed E-state index contributed by atoms with van der Waals surface area (Å²) >= 11 is 5.92. The van der Waals surface area contributed by atoms with Gasteiger partial charge in [-0.05, 0) is 18.5 Å². The van der Waals surface area contributed by atoms with Gasteiger partial charge in [-0.3, -0.25) is 4.79 Å². The van der Waals surface area contributed by atoms with Crippen LogP contribution in [0.15, 0.2) is 12.7 Å². The van der Waals surface area contributed by atoms with E-state index in [0.717, 1.165) is 0 Å². The highest BCUT2D eigenvalue weighted by molar-refractivity contribution is 6.28. The van der Waals surface area contributed by atoms with E-state index in [1.165, 1.54) is 22.2 Å².